The SMILES string of the molecule is CC.CCNc1c(C)cccc1C.O=CCc1ccccc1. The molecule has 0 radical (unpaired) electrons. The Kier molecular flexibility index (Phi) is 11.4. The summed E-state index contributed by atoms with van der Waals surface area (Å²) in [6.07, 6.45) is 1.44. The van der Waals surface area contributed by atoms with E-state index in [1.807, 2.05) is 44.2 Å². The Hall–Kier alpha value is -2.09. The first-order chi connectivity index (χ1) is 10.7. The van der Waals surface area contributed by atoms with Gasteiger partial charge in [-0.15, -0.1) is 0 Å². The number of carbonyl (C=O) groups is 1. The van der Waals surface area contributed by atoms with Crippen LogP contribution in [-0.2, 0) is 11.2 Å². The molecular formula is C20H29NO. The van der Waals surface area contributed by atoms with Gasteiger partial charge in [-0.3, -0.25) is 0 Å². The number of rotatable bonds is 4. The van der Waals surface area contributed by atoms with Gasteiger partial charge in [-0.05, 0) is 37.5 Å². The number of hydrogen-bond donors (Lipinski definition) is 1. The topological polar surface area (TPSA) is 29.1 Å². The van der Waals surface area contributed by atoms with E-state index in [0.29, 0.717) is 6.42 Å². The summed E-state index contributed by atoms with van der Waals surface area (Å²) < 4.78 is 0. The molecule has 1 N–H and O–H groups in total. The molecule has 0 atom stereocenters. The fourth-order valence-corrected chi connectivity index (χ4v) is 1.98. The van der Waals surface area contributed by atoms with Gasteiger partial charge < -0.3 is 10.1 Å². The van der Waals surface area contributed by atoms with E-state index in [0.717, 1.165) is 18.4 Å². The van der Waals surface area contributed by atoms with Crippen molar-refractivity contribution in [2.45, 2.75) is 41.0 Å². The fraction of sp³-hybridized carbons (Fsp3) is 0.350. The number of carbonyl (C=O) groups excluding carboxylic acids is 1. The van der Waals surface area contributed by atoms with Crippen molar-refractivity contribution in [3.05, 3.63) is 65.2 Å². The molecule has 2 heteroatoms. The molecule has 0 aliphatic rings. The Morgan fingerprint density at radius 2 is 1.45 bits per heavy atom. The average Bonchev–Trinajstić information content (AvgIpc) is 2.55. The third kappa shape index (κ3) is 7.63. The molecule has 2 rings (SSSR count). The van der Waals surface area contributed by atoms with Crippen molar-refractivity contribution in [1.29, 1.82) is 0 Å². The zero-order valence-corrected chi connectivity index (χ0v) is 14.5. The normalized spacial score (nSPS) is 8.77. The van der Waals surface area contributed by atoms with Crippen LogP contribution in [0.25, 0.3) is 0 Å². The minimum atomic E-state index is 0.529. The van der Waals surface area contributed by atoms with Gasteiger partial charge in [-0.1, -0.05) is 62.4 Å². The molecule has 22 heavy (non-hydrogen) atoms. The predicted molar refractivity (Wildman–Crippen MR) is 97.6 cm³/mol. The average molecular weight is 299 g/mol. The third-order valence-electron chi connectivity index (χ3n) is 3.00. The van der Waals surface area contributed by atoms with Gasteiger partial charge >= 0.3 is 0 Å². The molecule has 0 saturated carbocycles. The summed E-state index contributed by atoms with van der Waals surface area (Å²) in [5, 5.41) is 3.34. The summed E-state index contributed by atoms with van der Waals surface area (Å²) in [7, 11) is 0. The van der Waals surface area contributed by atoms with Crippen molar-refractivity contribution >= 4 is 12.0 Å². The molecule has 0 heterocycles. The standard InChI is InChI=1S/C10H15N.C8H8O.C2H6/c1-4-11-10-8(2)6-5-7-9(10)3;9-7-6-8-4-2-1-3-5-8;1-2/h5-7,11H,4H2,1-3H3;1-5,7H,6H2;1-2H3. The number of hydrogen-bond acceptors (Lipinski definition) is 2. The molecule has 0 aliphatic heterocycles. The van der Waals surface area contributed by atoms with Gasteiger partial charge in [0.05, 0.1) is 0 Å². The number of para-hydroxylation sites is 1. The molecule has 0 aromatic heterocycles. The summed E-state index contributed by atoms with van der Waals surface area (Å²) >= 11 is 0. The highest BCUT2D eigenvalue weighted by molar-refractivity contribution is 5.56. The van der Waals surface area contributed by atoms with Crippen LogP contribution in [0.2, 0.25) is 0 Å². The van der Waals surface area contributed by atoms with Crippen LogP contribution >= 0.6 is 0 Å². The largest absolute Gasteiger partial charge is 0.385 e. The van der Waals surface area contributed by atoms with Crippen LogP contribution in [0.1, 0.15) is 37.5 Å². The van der Waals surface area contributed by atoms with Crippen LogP contribution in [0.15, 0.2) is 48.5 Å². The number of nitrogens with one attached hydrogen (secondary N) is 1. The first-order valence-corrected chi connectivity index (χ1v) is 7.96. The van der Waals surface area contributed by atoms with E-state index in [-0.39, 0.29) is 0 Å². The zero-order chi connectivity index (χ0) is 16.8. The molecule has 2 nitrogen and oxygen atoms in total. The number of benzene rings is 2. The Morgan fingerprint density at radius 3 is 1.91 bits per heavy atom. The van der Waals surface area contributed by atoms with Crippen LogP contribution in [0.3, 0.4) is 0 Å². The fourth-order valence-electron chi connectivity index (χ4n) is 1.98. The highest BCUT2D eigenvalue weighted by Crippen LogP contribution is 2.18. The van der Waals surface area contributed by atoms with E-state index in [1.165, 1.54) is 16.8 Å². The van der Waals surface area contributed by atoms with E-state index in [2.05, 4.69) is 44.3 Å². The Bertz CT molecular complexity index is 500. The van der Waals surface area contributed by atoms with Gasteiger partial charge in [-0.2, -0.15) is 0 Å². The Morgan fingerprint density at radius 1 is 0.909 bits per heavy atom. The molecule has 0 fully saturated rings. The number of aldehydes is 1. The van der Waals surface area contributed by atoms with Crippen LogP contribution in [-0.4, -0.2) is 12.8 Å². The van der Waals surface area contributed by atoms with E-state index < -0.39 is 0 Å². The van der Waals surface area contributed by atoms with Crippen molar-refractivity contribution in [3.63, 3.8) is 0 Å². The van der Waals surface area contributed by atoms with E-state index >= 15 is 0 Å². The summed E-state index contributed by atoms with van der Waals surface area (Å²) in [4.78, 5) is 9.97. The minimum absolute atomic E-state index is 0.529. The maximum absolute atomic E-state index is 9.97. The molecule has 0 spiro atoms. The summed E-state index contributed by atoms with van der Waals surface area (Å²) in [5.74, 6) is 0. The highest BCUT2D eigenvalue weighted by atomic mass is 16.1. The van der Waals surface area contributed by atoms with E-state index in [1.54, 1.807) is 0 Å². The van der Waals surface area contributed by atoms with Crippen molar-refractivity contribution in [1.82, 2.24) is 0 Å². The molecule has 0 aliphatic carbocycles. The first-order valence-electron chi connectivity index (χ1n) is 7.96. The first kappa shape index (κ1) is 19.9. The van der Waals surface area contributed by atoms with Crippen molar-refractivity contribution < 1.29 is 4.79 Å². The maximum atomic E-state index is 9.97. The van der Waals surface area contributed by atoms with Crippen molar-refractivity contribution in [3.8, 4) is 0 Å². The van der Waals surface area contributed by atoms with Crippen LogP contribution in [0, 0.1) is 13.8 Å². The van der Waals surface area contributed by atoms with Gasteiger partial charge in [0.2, 0.25) is 0 Å². The molecule has 0 saturated heterocycles. The van der Waals surface area contributed by atoms with Gasteiger partial charge in [0.1, 0.15) is 6.29 Å². The van der Waals surface area contributed by atoms with E-state index in [9.17, 15) is 4.79 Å². The second kappa shape index (κ2) is 12.6. The van der Waals surface area contributed by atoms with Gasteiger partial charge in [0.15, 0.2) is 0 Å². The lowest BCUT2D eigenvalue weighted by Crippen LogP contribution is -2.00. The monoisotopic (exact) mass is 299 g/mol. The molecule has 2 aromatic carbocycles. The van der Waals surface area contributed by atoms with Gasteiger partial charge in [0, 0.05) is 18.7 Å². The van der Waals surface area contributed by atoms with Crippen molar-refractivity contribution in [2.75, 3.05) is 11.9 Å². The van der Waals surface area contributed by atoms with Crippen LogP contribution in [0.5, 0.6) is 0 Å². The van der Waals surface area contributed by atoms with Crippen molar-refractivity contribution in [2.24, 2.45) is 0 Å². The molecule has 120 valence electrons. The molecule has 0 unspecified atom stereocenters. The summed E-state index contributed by atoms with van der Waals surface area (Å²) in [6.45, 7) is 11.4. The summed E-state index contributed by atoms with van der Waals surface area (Å²) in [6, 6.07) is 16.0. The lowest BCUT2D eigenvalue weighted by atomic mass is 10.1. The quantitative estimate of drug-likeness (QED) is 0.787. The molecule has 0 amide bonds. The van der Waals surface area contributed by atoms with Crippen LogP contribution in [0.4, 0.5) is 5.69 Å². The Balaban J connectivity index is 0.000000366. The number of anilines is 1. The second-order valence-electron chi connectivity index (χ2n) is 4.65. The van der Waals surface area contributed by atoms with Gasteiger partial charge in [-0.25, -0.2) is 0 Å². The third-order valence-corrected chi connectivity index (χ3v) is 3.00. The Labute approximate surface area is 135 Å². The minimum Gasteiger partial charge on any atom is -0.385 e. The zero-order valence-electron chi connectivity index (χ0n) is 14.5. The number of aryl methyl sites for hydroxylation is 2. The molecule has 2 aromatic rings. The maximum Gasteiger partial charge on any atom is 0.124 e. The lowest BCUT2D eigenvalue weighted by molar-refractivity contribution is -0.107. The second-order valence-corrected chi connectivity index (χ2v) is 4.65. The summed E-state index contributed by atoms with van der Waals surface area (Å²) in [5.41, 5.74) is 5.02. The molecular weight excluding hydrogens is 270 g/mol. The predicted octanol–water partition coefficient (Wildman–Crippen LogP) is 5.19. The van der Waals surface area contributed by atoms with Crippen LogP contribution < -0.4 is 5.32 Å². The van der Waals surface area contributed by atoms with Gasteiger partial charge in [0.25, 0.3) is 0 Å². The lowest BCUT2D eigenvalue weighted by Gasteiger charge is -2.09. The smallest absolute Gasteiger partial charge is 0.124 e. The molecule has 0 bridgehead atoms. The van der Waals surface area contributed by atoms with E-state index in [4.69, 9.17) is 0 Å². The highest BCUT2D eigenvalue weighted by Gasteiger charge is 1.97.